The van der Waals surface area contributed by atoms with Crippen LogP contribution in [0.3, 0.4) is 0 Å². The van der Waals surface area contributed by atoms with E-state index in [1.54, 1.807) is 0 Å². The summed E-state index contributed by atoms with van der Waals surface area (Å²) in [5.41, 5.74) is 0. The number of hydrogen-bond acceptors (Lipinski definition) is 1. The molecule has 0 unspecified atom stereocenters. The average molecular weight is 144 g/mol. The van der Waals surface area contributed by atoms with Crippen LogP contribution in [0.5, 0.6) is 0 Å². The fourth-order valence-corrected chi connectivity index (χ4v) is 1.17. The van der Waals surface area contributed by atoms with E-state index in [4.69, 9.17) is 5.11 Å². The predicted molar refractivity (Wildman–Crippen MR) is 45.0 cm³/mol. The van der Waals surface area contributed by atoms with Crippen molar-refractivity contribution in [3.63, 3.8) is 0 Å². The zero-order valence-electron chi connectivity index (χ0n) is 7.43. The van der Waals surface area contributed by atoms with Crippen LogP contribution in [0, 0.1) is 5.92 Å². The van der Waals surface area contributed by atoms with E-state index in [0.29, 0.717) is 0 Å². The molecule has 0 aliphatic carbocycles. The SMILES string of the molecule is CCC(CC)CC[C@@H](C)O. The summed E-state index contributed by atoms with van der Waals surface area (Å²) in [4.78, 5) is 0. The van der Waals surface area contributed by atoms with E-state index in [1.165, 1.54) is 19.3 Å². The zero-order valence-corrected chi connectivity index (χ0v) is 7.43. The Bertz CT molecular complexity index is 65.1. The Labute approximate surface area is 64.5 Å². The van der Waals surface area contributed by atoms with Crippen molar-refractivity contribution in [2.45, 2.75) is 52.6 Å². The maximum absolute atomic E-state index is 8.99. The van der Waals surface area contributed by atoms with Crippen LogP contribution in [0.15, 0.2) is 0 Å². The van der Waals surface area contributed by atoms with Gasteiger partial charge in [0.2, 0.25) is 0 Å². The molecule has 0 radical (unpaired) electrons. The molecule has 0 aliphatic heterocycles. The molecule has 1 nitrogen and oxygen atoms in total. The maximum atomic E-state index is 8.99. The molecule has 0 amide bonds. The maximum Gasteiger partial charge on any atom is 0.0512 e. The van der Waals surface area contributed by atoms with Crippen molar-refractivity contribution in [1.29, 1.82) is 0 Å². The van der Waals surface area contributed by atoms with Crippen molar-refractivity contribution >= 4 is 0 Å². The molecule has 0 aromatic heterocycles. The zero-order chi connectivity index (χ0) is 7.98. The second-order valence-corrected chi connectivity index (χ2v) is 3.11. The summed E-state index contributed by atoms with van der Waals surface area (Å²) in [7, 11) is 0. The number of aliphatic hydroxyl groups is 1. The van der Waals surface area contributed by atoms with Crippen molar-refractivity contribution in [3.8, 4) is 0 Å². The highest BCUT2D eigenvalue weighted by atomic mass is 16.3. The van der Waals surface area contributed by atoms with Crippen LogP contribution in [0.1, 0.15) is 46.5 Å². The van der Waals surface area contributed by atoms with Crippen LogP contribution in [0.4, 0.5) is 0 Å². The normalized spacial score (nSPS) is 14.1. The minimum absolute atomic E-state index is 0.111. The molecular formula is C9H20O. The Kier molecular flexibility index (Phi) is 5.70. The lowest BCUT2D eigenvalue weighted by molar-refractivity contribution is 0.172. The Morgan fingerprint density at radius 1 is 1.10 bits per heavy atom. The van der Waals surface area contributed by atoms with Gasteiger partial charge in [-0.05, 0) is 25.7 Å². The van der Waals surface area contributed by atoms with Crippen molar-refractivity contribution in [1.82, 2.24) is 0 Å². The van der Waals surface area contributed by atoms with Gasteiger partial charge in [0.15, 0.2) is 0 Å². The molecule has 0 fully saturated rings. The Balaban J connectivity index is 3.26. The van der Waals surface area contributed by atoms with Gasteiger partial charge in [0.1, 0.15) is 0 Å². The summed E-state index contributed by atoms with van der Waals surface area (Å²) in [5.74, 6) is 0.828. The minimum atomic E-state index is -0.111. The molecular weight excluding hydrogens is 124 g/mol. The molecule has 0 spiro atoms. The first-order chi connectivity index (χ1) is 4.70. The van der Waals surface area contributed by atoms with Crippen LogP contribution < -0.4 is 0 Å². The second-order valence-electron chi connectivity index (χ2n) is 3.11. The first kappa shape index (κ1) is 9.96. The monoisotopic (exact) mass is 144 g/mol. The molecule has 0 aliphatic rings. The highest BCUT2D eigenvalue weighted by Crippen LogP contribution is 2.15. The van der Waals surface area contributed by atoms with Crippen LogP contribution in [-0.2, 0) is 0 Å². The molecule has 1 atom stereocenters. The van der Waals surface area contributed by atoms with Crippen LogP contribution in [0.25, 0.3) is 0 Å². The Hall–Kier alpha value is -0.0400. The van der Waals surface area contributed by atoms with Gasteiger partial charge in [-0.15, -0.1) is 0 Å². The van der Waals surface area contributed by atoms with Crippen LogP contribution >= 0.6 is 0 Å². The number of hydrogen-bond donors (Lipinski definition) is 1. The smallest absolute Gasteiger partial charge is 0.0512 e. The van der Waals surface area contributed by atoms with E-state index in [1.807, 2.05) is 6.92 Å². The molecule has 62 valence electrons. The van der Waals surface area contributed by atoms with Gasteiger partial charge in [0.25, 0.3) is 0 Å². The minimum Gasteiger partial charge on any atom is -0.393 e. The van der Waals surface area contributed by atoms with E-state index < -0.39 is 0 Å². The molecule has 0 aromatic rings. The third-order valence-electron chi connectivity index (χ3n) is 2.15. The van der Waals surface area contributed by atoms with Gasteiger partial charge in [-0.1, -0.05) is 26.7 Å². The predicted octanol–water partition coefficient (Wildman–Crippen LogP) is 2.58. The van der Waals surface area contributed by atoms with E-state index in [9.17, 15) is 0 Å². The largest absolute Gasteiger partial charge is 0.393 e. The highest BCUT2D eigenvalue weighted by molar-refractivity contribution is 4.57. The van der Waals surface area contributed by atoms with Gasteiger partial charge >= 0.3 is 0 Å². The van der Waals surface area contributed by atoms with Gasteiger partial charge < -0.3 is 5.11 Å². The van der Waals surface area contributed by atoms with Crippen molar-refractivity contribution in [3.05, 3.63) is 0 Å². The van der Waals surface area contributed by atoms with E-state index in [-0.39, 0.29) is 6.10 Å². The highest BCUT2D eigenvalue weighted by Gasteiger charge is 2.04. The van der Waals surface area contributed by atoms with Crippen molar-refractivity contribution < 1.29 is 5.11 Å². The lowest BCUT2D eigenvalue weighted by Gasteiger charge is -2.12. The number of rotatable bonds is 5. The number of aliphatic hydroxyl groups excluding tert-OH is 1. The summed E-state index contributed by atoms with van der Waals surface area (Å²) < 4.78 is 0. The summed E-state index contributed by atoms with van der Waals surface area (Å²) >= 11 is 0. The Morgan fingerprint density at radius 3 is 1.90 bits per heavy atom. The quantitative estimate of drug-likeness (QED) is 0.628. The van der Waals surface area contributed by atoms with Crippen LogP contribution in [-0.4, -0.2) is 11.2 Å². The summed E-state index contributed by atoms with van der Waals surface area (Å²) in [6.45, 7) is 6.30. The lowest BCUT2D eigenvalue weighted by Crippen LogP contribution is -2.04. The van der Waals surface area contributed by atoms with E-state index in [2.05, 4.69) is 13.8 Å². The third kappa shape index (κ3) is 4.80. The Morgan fingerprint density at radius 2 is 1.60 bits per heavy atom. The van der Waals surface area contributed by atoms with Gasteiger partial charge in [-0.25, -0.2) is 0 Å². The van der Waals surface area contributed by atoms with Gasteiger partial charge in [-0.3, -0.25) is 0 Å². The molecule has 0 saturated carbocycles. The molecule has 1 N–H and O–H groups in total. The first-order valence-electron chi connectivity index (χ1n) is 4.38. The van der Waals surface area contributed by atoms with E-state index in [0.717, 1.165) is 12.3 Å². The van der Waals surface area contributed by atoms with Gasteiger partial charge in [-0.2, -0.15) is 0 Å². The molecule has 0 saturated heterocycles. The molecule has 0 rings (SSSR count). The standard InChI is InChI=1S/C9H20O/c1-4-9(5-2)7-6-8(3)10/h8-10H,4-7H2,1-3H3/t8-/m1/s1. The van der Waals surface area contributed by atoms with Crippen molar-refractivity contribution in [2.24, 2.45) is 5.92 Å². The first-order valence-corrected chi connectivity index (χ1v) is 4.38. The molecule has 0 aromatic carbocycles. The molecule has 0 heterocycles. The summed E-state index contributed by atoms with van der Waals surface area (Å²) in [5, 5.41) is 8.99. The van der Waals surface area contributed by atoms with Gasteiger partial charge in [0, 0.05) is 0 Å². The van der Waals surface area contributed by atoms with E-state index >= 15 is 0 Å². The van der Waals surface area contributed by atoms with Gasteiger partial charge in [0.05, 0.1) is 6.10 Å². The molecule has 10 heavy (non-hydrogen) atoms. The second kappa shape index (κ2) is 5.72. The van der Waals surface area contributed by atoms with Crippen LogP contribution in [0.2, 0.25) is 0 Å². The fourth-order valence-electron chi connectivity index (χ4n) is 1.17. The lowest BCUT2D eigenvalue weighted by atomic mass is 9.96. The topological polar surface area (TPSA) is 20.2 Å². The third-order valence-corrected chi connectivity index (χ3v) is 2.15. The fraction of sp³-hybridized carbons (Fsp3) is 1.00. The van der Waals surface area contributed by atoms with Crippen molar-refractivity contribution in [2.75, 3.05) is 0 Å². The average Bonchev–Trinajstić information content (AvgIpc) is 1.90. The summed E-state index contributed by atoms with van der Waals surface area (Å²) in [6.07, 6.45) is 4.55. The molecule has 0 bridgehead atoms. The summed E-state index contributed by atoms with van der Waals surface area (Å²) in [6, 6.07) is 0. The molecule has 1 heteroatoms.